The Hall–Kier alpha value is -3.40. The number of nitro groups is 1. The van der Waals surface area contributed by atoms with Gasteiger partial charge in [-0.2, -0.15) is 0 Å². The number of nitrogens with one attached hydrogen (secondary N) is 1. The van der Waals surface area contributed by atoms with Crippen LogP contribution in [0.15, 0.2) is 30.3 Å². The number of carbonyl (C=O) groups excluding carboxylic acids is 1. The molecule has 2 aromatic carbocycles. The minimum atomic E-state index is -3.53. The van der Waals surface area contributed by atoms with E-state index in [0.29, 0.717) is 39.1 Å². The summed E-state index contributed by atoms with van der Waals surface area (Å²) in [7, 11) is -3.53. The van der Waals surface area contributed by atoms with E-state index in [0.717, 1.165) is 11.8 Å². The van der Waals surface area contributed by atoms with Crippen molar-refractivity contribution in [1.82, 2.24) is 4.57 Å². The summed E-state index contributed by atoms with van der Waals surface area (Å²) in [6.07, 6.45) is 1.06. The van der Waals surface area contributed by atoms with Gasteiger partial charge in [0, 0.05) is 28.9 Å². The highest BCUT2D eigenvalue weighted by atomic mass is 32.2. The normalized spacial score (nSPS) is 11.5. The zero-order valence-electron chi connectivity index (χ0n) is 17.8. The van der Waals surface area contributed by atoms with Gasteiger partial charge in [0.05, 0.1) is 34.6 Å². The summed E-state index contributed by atoms with van der Waals surface area (Å²) in [5.41, 5.74) is 4.03. The predicted octanol–water partition coefficient (Wildman–Crippen LogP) is 4.01. The van der Waals surface area contributed by atoms with Crippen LogP contribution >= 0.6 is 0 Å². The molecular weight excluding hydrogens is 422 g/mol. The number of hydrogen-bond donors (Lipinski definition) is 1. The smallest absolute Gasteiger partial charge is 0.340 e. The maximum atomic E-state index is 12.8. The summed E-state index contributed by atoms with van der Waals surface area (Å²) in [5.74, 6) is -0.528. The van der Waals surface area contributed by atoms with E-state index in [1.807, 2.05) is 11.5 Å². The van der Waals surface area contributed by atoms with Crippen LogP contribution in [0.1, 0.15) is 34.1 Å². The number of ether oxygens (including phenoxy) is 1. The first-order valence-electron chi connectivity index (χ1n) is 9.51. The molecule has 10 heteroatoms. The molecule has 0 saturated carbocycles. The van der Waals surface area contributed by atoms with Crippen molar-refractivity contribution in [1.29, 1.82) is 0 Å². The van der Waals surface area contributed by atoms with E-state index in [1.165, 1.54) is 12.1 Å². The van der Waals surface area contributed by atoms with Crippen molar-refractivity contribution >= 4 is 38.3 Å². The van der Waals surface area contributed by atoms with Gasteiger partial charge in [-0.3, -0.25) is 14.8 Å². The number of nitro benzene ring substituents is 1. The highest BCUT2D eigenvalue weighted by Gasteiger charge is 2.25. The van der Waals surface area contributed by atoms with Crippen molar-refractivity contribution in [2.24, 2.45) is 0 Å². The summed E-state index contributed by atoms with van der Waals surface area (Å²) in [4.78, 5) is 23.3. The first kappa shape index (κ1) is 22.3. The average Bonchev–Trinajstić information content (AvgIpc) is 2.97. The van der Waals surface area contributed by atoms with E-state index < -0.39 is 20.9 Å². The summed E-state index contributed by atoms with van der Waals surface area (Å²) < 4.78 is 33.3. The van der Waals surface area contributed by atoms with Crippen LogP contribution in [-0.2, 0) is 14.8 Å². The number of non-ortho nitro benzene ring substituents is 1. The fraction of sp³-hybridized carbons (Fsp3) is 0.286. The van der Waals surface area contributed by atoms with E-state index in [1.54, 1.807) is 39.0 Å². The number of rotatable bonds is 6. The van der Waals surface area contributed by atoms with Gasteiger partial charge in [-0.15, -0.1) is 0 Å². The zero-order valence-corrected chi connectivity index (χ0v) is 18.7. The van der Waals surface area contributed by atoms with Gasteiger partial charge in [-0.1, -0.05) is 0 Å². The Bertz CT molecular complexity index is 1310. The van der Waals surface area contributed by atoms with E-state index in [-0.39, 0.29) is 12.3 Å². The molecule has 164 valence electrons. The quantitative estimate of drug-likeness (QED) is 0.348. The zero-order chi connectivity index (χ0) is 23.1. The van der Waals surface area contributed by atoms with Crippen LogP contribution in [0.25, 0.3) is 16.6 Å². The lowest BCUT2D eigenvalue weighted by Crippen LogP contribution is -2.11. The number of hydrogen-bond acceptors (Lipinski definition) is 6. The third kappa shape index (κ3) is 4.11. The van der Waals surface area contributed by atoms with Gasteiger partial charge in [0.1, 0.15) is 0 Å². The largest absolute Gasteiger partial charge is 0.462 e. The Labute approximate surface area is 179 Å². The van der Waals surface area contributed by atoms with Gasteiger partial charge < -0.3 is 9.30 Å². The van der Waals surface area contributed by atoms with Gasteiger partial charge in [0.25, 0.3) is 5.69 Å². The summed E-state index contributed by atoms with van der Waals surface area (Å²) in [5, 5.41) is 11.6. The number of carbonyl (C=O) groups is 1. The number of benzene rings is 2. The molecule has 0 bridgehead atoms. The Morgan fingerprint density at radius 3 is 2.29 bits per heavy atom. The Morgan fingerprint density at radius 1 is 1.16 bits per heavy atom. The number of aryl methyl sites for hydroxylation is 1. The van der Waals surface area contributed by atoms with Crippen molar-refractivity contribution in [3.63, 3.8) is 0 Å². The molecule has 0 atom stereocenters. The van der Waals surface area contributed by atoms with Crippen LogP contribution < -0.4 is 4.72 Å². The third-order valence-corrected chi connectivity index (χ3v) is 5.74. The lowest BCUT2D eigenvalue weighted by Gasteiger charge is -2.15. The molecule has 1 aromatic heterocycles. The second kappa shape index (κ2) is 8.03. The monoisotopic (exact) mass is 445 g/mol. The fourth-order valence-corrected chi connectivity index (χ4v) is 4.28. The molecule has 3 aromatic rings. The molecule has 1 heterocycles. The topological polar surface area (TPSA) is 121 Å². The minimum Gasteiger partial charge on any atom is -0.462 e. The number of sulfonamides is 1. The van der Waals surface area contributed by atoms with Gasteiger partial charge in [0.2, 0.25) is 10.0 Å². The molecule has 0 aliphatic rings. The van der Waals surface area contributed by atoms with E-state index >= 15 is 0 Å². The number of esters is 1. The number of nitrogens with zero attached hydrogens (tertiary/aromatic N) is 2. The molecule has 1 N–H and O–H groups in total. The molecule has 31 heavy (non-hydrogen) atoms. The molecular formula is C21H23N3O6S. The summed E-state index contributed by atoms with van der Waals surface area (Å²) >= 11 is 0. The van der Waals surface area contributed by atoms with Gasteiger partial charge in [-0.25, -0.2) is 13.2 Å². The van der Waals surface area contributed by atoms with E-state index in [9.17, 15) is 23.3 Å². The maximum absolute atomic E-state index is 12.8. The van der Waals surface area contributed by atoms with Crippen molar-refractivity contribution in [3.05, 3.63) is 62.8 Å². The average molecular weight is 445 g/mol. The molecule has 0 amide bonds. The molecule has 0 spiro atoms. The lowest BCUT2D eigenvalue weighted by molar-refractivity contribution is -0.384. The Morgan fingerprint density at radius 2 is 1.77 bits per heavy atom. The minimum absolute atomic E-state index is 0.0453. The van der Waals surface area contributed by atoms with E-state index in [2.05, 4.69) is 4.72 Å². The van der Waals surface area contributed by atoms with Crippen LogP contribution in [0.2, 0.25) is 0 Å². The lowest BCUT2D eigenvalue weighted by atomic mass is 10.0. The van der Waals surface area contributed by atoms with Crippen LogP contribution in [0, 0.1) is 30.9 Å². The third-order valence-electron chi connectivity index (χ3n) is 5.15. The maximum Gasteiger partial charge on any atom is 0.340 e. The highest BCUT2D eigenvalue weighted by molar-refractivity contribution is 7.92. The number of fused-ring (bicyclic) bond motifs is 1. The van der Waals surface area contributed by atoms with Crippen LogP contribution in [0.5, 0.6) is 0 Å². The second-order valence-electron chi connectivity index (χ2n) is 7.23. The number of aromatic nitrogens is 1. The van der Waals surface area contributed by atoms with Gasteiger partial charge in [-0.05, 0) is 57.0 Å². The summed E-state index contributed by atoms with van der Waals surface area (Å²) in [6, 6.07) is 7.63. The Balaban J connectivity index is 2.39. The molecule has 0 aliphatic carbocycles. The number of anilines is 1. The molecule has 0 aliphatic heterocycles. The van der Waals surface area contributed by atoms with Crippen molar-refractivity contribution in [3.8, 4) is 5.69 Å². The van der Waals surface area contributed by atoms with Crippen molar-refractivity contribution < 1.29 is 22.9 Å². The van der Waals surface area contributed by atoms with Crippen LogP contribution in [0.4, 0.5) is 11.4 Å². The van der Waals surface area contributed by atoms with Gasteiger partial charge >= 0.3 is 5.97 Å². The van der Waals surface area contributed by atoms with Crippen LogP contribution in [-0.4, -0.2) is 36.7 Å². The van der Waals surface area contributed by atoms with Crippen molar-refractivity contribution in [2.75, 3.05) is 17.6 Å². The Kier molecular flexibility index (Phi) is 5.77. The fourth-order valence-electron chi connectivity index (χ4n) is 3.67. The second-order valence-corrected chi connectivity index (χ2v) is 8.98. The SMILES string of the molecule is CCOC(=O)c1c(C)n(-c2ccc([N+](=O)[O-])cc2)c2c(C)c(C)c(NS(C)(=O)=O)cc12. The van der Waals surface area contributed by atoms with Gasteiger partial charge in [0.15, 0.2) is 0 Å². The summed E-state index contributed by atoms with van der Waals surface area (Å²) in [6.45, 7) is 7.26. The molecule has 9 nitrogen and oxygen atoms in total. The molecule has 0 unspecified atom stereocenters. The first-order valence-corrected chi connectivity index (χ1v) is 11.4. The molecule has 3 rings (SSSR count). The first-order chi connectivity index (χ1) is 14.5. The van der Waals surface area contributed by atoms with Crippen molar-refractivity contribution in [2.45, 2.75) is 27.7 Å². The standard InChI is InChI=1S/C21H23N3O6S/c1-6-30-21(25)19-14(4)23(15-7-9-16(10-8-15)24(26)27)20-13(3)12(2)18(11-17(19)20)22-31(5,28)29/h7-11,22H,6H2,1-5H3. The predicted molar refractivity (Wildman–Crippen MR) is 119 cm³/mol. The highest BCUT2D eigenvalue weighted by Crippen LogP contribution is 2.37. The van der Waals surface area contributed by atoms with E-state index in [4.69, 9.17) is 4.74 Å². The molecule has 0 saturated heterocycles. The molecule has 0 radical (unpaired) electrons. The molecule has 0 fully saturated rings. The van der Waals surface area contributed by atoms with Crippen LogP contribution in [0.3, 0.4) is 0 Å².